The third-order valence-corrected chi connectivity index (χ3v) is 3.72. The highest BCUT2D eigenvalue weighted by Crippen LogP contribution is 2.20. The van der Waals surface area contributed by atoms with Gasteiger partial charge in [-0.15, -0.1) is 0 Å². The van der Waals surface area contributed by atoms with Crippen LogP contribution in [0.1, 0.15) is 28.8 Å². The topological polar surface area (TPSA) is 73.6 Å². The van der Waals surface area contributed by atoms with Crippen molar-refractivity contribution in [2.75, 3.05) is 0 Å². The predicted octanol–water partition coefficient (Wildman–Crippen LogP) is 3.21. The Bertz CT molecular complexity index is 821. The number of aryl methyl sites for hydroxylation is 1. The lowest BCUT2D eigenvalue weighted by molar-refractivity contribution is 0.0936. The van der Waals surface area contributed by atoms with Crippen molar-refractivity contribution < 1.29 is 4.79 Å². The molecule has 22 heavy (non-hydrogen) atoms. The second-order valence-electron chi connectivity index (χ2n) is 5.54. The van der Waals surface area contributed by atoms with Gasteiger partial charge in [-0.25, -0.2) is 0 Å². The van der Waals surface area contributed by atoms with Crippen LogP contribution in [0.15, 0.2) is 30.3 Å². The number of H-pyrrole nitrogens is 2. The summed E-state index contributed by atoms with van der Waals surface area (Å²) in [5.41, 5.74) is 3.34. The summed E-state index contributed by atoms with van der Waals surface area (Å²) in [4.78, 5) is 15.4. The first-order valence-corrected chi connectivity index (χ1v) is 7.49. The molecular weight excluding hydrogens is 300 g/mol. The Balaban J connectivity index is 1.69. The summed E-state index contributed by atoms with van der Waals surface area (Å²) in [7, 11) is 0. The summed E-state index contributed by atoms with van der Waals surface area (Å²) in [6.45, 7) is 3.91. The van der Waals surface area contributed by atoms with Gasteiger partial charge >= 0.3 is 0 Å². The number of amides is 1. The SMILES string of the molecule is Cc1cc(C[C@H](C)NC(=O)c2cc3ccc(Cl)cc3[nH]2)n[nH]1. The molecule has 2 heterocycles. The van der Waals surface area contributed by atoms with Crippen LogP contribution in [0.5, 0.6) is 0 Å². The number of halogens is 1. The lowest BCUT2D eigenvalue weighted by Gasteiger charge is -2.11. The zero-order valence-electron chi connectivity index (χ0n) is 12.4. The molecule has 6 heteroatoms. The molecule has 0 aliphatic heterocycles. The van der Waals surface area contributed by atoms with Crippen LogP contribution in [-0.4, -0.2) is 27.1 Å². The smallest absolute Gasteiger partial charge is 0.267 e. The van der Waals surface area contributed by atoms with E-state index in [0.29, 0.717) is 17.1 Å². The van der Waals surface area contributed by atoms with Gasteiger partial charge in [0.2, 0.25) is 0 Å². The Morgan fingerprint density at radius 1 is 1.36 bits per heavy atom. The minimum Gasteiger partial charge on any atom is -0.350 e. The average Bonchev–Trinajstić information content (AvgIpc) is 3.04. The van der Waals surface area contributed by atoms with Crippen molar-refractivity contribution in [3.63, 3.8) is 0 Å². The van der Waals surface area contributed by atoms with E-state index >= 15 is 0 Å². The highest BCUT2D eigenvalue weighted by Gasteiger charge is 2.14. The number of nitrogens with zero attached hydrogens (tertiary/aromatic N) is 1. The van der Waals surface area contributed by atoms with Crippen LogP contribution < -0.4 is 5.32 Å². The molecule has 0 aliphatic rings. The summed E-state index contributed by atoms with van der Waals surface area (Å²) >= 11 is 5.95. The summed E-state index contributed by atoms with van der Waals surface area (Å²) in [6, 6.07) is 9.30. The fraction of sp³-hybridized carbons (Fsp3) is 0.250. The Morgan fingerprint density at radius 3 is 2.91 bits per heavy atom. The second-order valence-corrected chi connectivity index (χ2v) is 5.97. The number of carbonyl (C=O) groups excluding carboxylic acids is 1. The Hall–Kier alpha value is -2.27. The van der Waals surface area contributed by atoms with E-state index in [2.05, 4.69) is 20.5 Å². The van der Waals surface area contributed by atoms with Crippen molar-refractivity contribution in [3.05, 3.63) is 52.4 Å². The molecule has 0 bridgehead atoms. The molecule has 1 amide bonds. The second kappa shape index (κ2) is 5.85. The van der Waals surface area contributed by atoms with Crippen LogP contribution in [-0.2, 0) is 6.42 Å². The molecule has 3 aromatic rings. The van der Waals surface area contributed by atoms with Crippen LogP contribution in [0.2, 0.25) is 5.02 Å². The normalized spacial score (nSPS) is 12.5. The van der Waals surface area contributed by atoms with Gasteiger partial charge in [-0.1, -0.05) is 17.7 Å². The number of hydrogen-bond donors (Lipinski definition) is 3. The van der Waals surface area contributed by atoms with E-state index in [9.17, 15) is 4.79 Å². The first kappa shape index (κ1) is 14.7. The number of benzene rings is 1. The summed E-state index contributed by atoms with van der Waals surface area (Å²) in [5, 5.41) is 11.7. The quantitative estimate of drug-likeness (QED) is 0.691. The number of rotatable bonds is 4. The van der Waals surface area contributed by atoms with Crippen LogP contribution in [0.4, 0.5) is 0 Å². The van der Waals surface area contributed by atoms with Crippen LogP contribution in [0, 0.1) is 6.92 Å². The van der Waals surface area contributed by atoms with Crippen molar-refractivity contribution in [1.29, 1.82) is 0 Å². The third kappa shape index (κ3) is 3.14. The highest BCUT2D eigenvalue weighted by molar-refractivity contribution is 6.31. The van der Waals surface area contributed by atoms with E-state index in [0.717, 1.165) is 22.3 Å². The maximum absolute atomic E-state index is 12.3. The number of hydrogen-bond acceptors (Lipinski definition) is 2. The van der Waals surface area contributed by atoms with Crippen molar-refractivity contribution in [1.82, 2.24) is 20.5 Å². The summed E-state index contributed by atoms with van der Waals surface area (Å²) < 4.78 is 0. The molecule has 3 rings (SSSR count). The molecule has 0 spiro atoms. The van der Waals surface area contributed by atoms with Gasteiger partial charge in [0.05, 0.1) is 5.69 Å². The van der Waals surface area contributed by atoms with Gasteiger partial charge in [-0.05, 0) is 38.1 Å². The maximum Gasteiger partial charge on any atom is 0.267 e. The molecule has 0 saturated heterocycles. The van der Waals surface area contributed by atoms with Gasteiger partial charge in [-0.2, -0.15) is 5.10 Å². The van der Waals surface area contributed by atoms with Crippen LogP contribution in [0.3, 0.4) is 0 Å². The predicted molar refractivity (Wildman–Crippen MR) is 87.3 cm³/mol. The molecule has 0 radical (unpaired) electrons. The van der Waals surface area contributed by atoms with Gasteiger partial charge < -0.3 is 10.3 Å². The van der Waals surface area contributed by atoms with E-state index in [1.54, 1.807) is 0 Å². The fourth-order valence-corrected chi connectivity index (χ4v) is 2.64. The maximum atomic E-state index is 12.3. The zero-order chi connectivity index (χ0) is 15.7. The van der Waals surface area contributed by atoms with E-state index in [1.165, 1.54) is 0 Å². The standard InChI is InChI=1S/C16H17ClN4O/c1-9(5-13-6-10(2)20-21-13)18-16(22)15-7-11-3-4-12(17)8-14(11)19-15/h3-4,6-9,19H,5H2,1-2H3,(H,18,22)(H,20,21)/t9-/m0/s1. The molecular formula is C16H17ClN4O. The number of nitrogens with one attached hydrogen (secondary N) is 3. The monoisotopic (exact) mass is 316 g/mol. The minimum absolute atomic E-state index is 0.00907. The van der Waals surface area contributed by atoms with E-state index in [4.69, 9.17) is 11.6 Å². The Morgan fingerprint density at radius 2 is 2.18 bits per heavy atom. The average molecular weight is 317 g/mol. The number of aromatic nitrogens is 3. The molecule has 0 aliphatic carbocycles. The largest absolute Gasteiger partial charge is 0.350 e. The van der Waals surface area contributed by atoms with Gasteiger partial charge in [-0.3, -0.25) is 9.89 Å². The first-order chi connectivity index (χ1) is 10.5. The van der Waals surface area contributed by atoms with Gasteiger partial charge in [0, 0.05) is 34.1 Å². The van der Waals surface area contributed by atoms with Crippen molar-refractivity contribution >= 4 is 28.4 Å². The van der Waals surface area contributed by atoms with Gasteiger partial charge in [0.1, 0.15) is 5.69 Å². The molecule has 0 saturated carbocycles. The van der Waals surface area contributed by atoms with E-state index in [-0.39, 0.29) is 11.9 Å². The number of aromatic amines is 2. The molecule has 1 aromatic carbocycles. The van der Waals surface area contributed by atoms with E-state index in [1.807, 2.05) is 44.2 Å². The van der Waals surface area contributed by atoms with Crippen molar-refractivity contribution in [2.24, 2.45) is 0 Å². The van der Waals surface area contributed by atoms with Crippen molar-refractivity contribution in [2.45, 2.75) is 26.3 Å². The number of fused-ring (bicyclic) bond motifs is 1. The molecule has 114 valence electrons. The molecule has 1 atom stereocenters. The lowest BCUT2D eigenvalue weighted by atomic mass is 10.1. The van der Waals surface area contributed by atoms with Crippen molar-refractivity contribution in [3.8, 4) is 0 Å². The first-order valence-electron chi connectivity index (χ1n) is 7.11. The van der Waals surface area contributed by atoms with Crippen LogP contribution >= 0.6 is 11.6 Å². The van der Waals surface area contributed by atoms with Gasteiger partial charge in [0.15, 0.2) is 0 Å². The Kier molecular flexibility index (Phi) is 3.90. The summed E-state index contributed by atoms with van der Waals surface area (Å²) in [6.07, 6.45) is 0.683. The Labute approximate surface area is 133 Å². The molecule has 5 nitrogen and oxygen atoms in total. The highest BCUT2D eigenvalue weighted by atomic mass is 35.5. The summed E-state index contributed by atoms with van der Waals surface area (Å²) in [5.74, 6) is -0.132. The zero-order valence-corrected chi connectivity index (χ0v) is 13.2. The molecule has 0 fully saturated rings. The molecule has 2 aromatic heterocycles. The lowest BCUT2D eigenvalue weighted by Crippen LogP contribution is -2.34. The third-order valence-electron chi connectivity index (χ3n) is 3.48. The molecule has 3 N–H and O–H groups in total. The van der Waals surface area contributed by atoms with E-state index < -0.39 is 0 Å². The molecule has 0 unspecified atom stereocenters. The fourth-order valence-electron chi connectivity index (χ4n) is 2.47. The number of carbonyl (C=O) groups is 1. The minimum atomic E-state index is -0.132. The van der Waals surface area contributed by atoms with Crippen LogP contribution in [0.25, 0.3) is 10.9 Å². The van der Waals surface area contributed by atoms with Gasteiger partial charge in [0.25, 0.3) is 5.91 Å².